The Kier molecular flexibility index (Phi) is 2.68. The van der Waals surface area contributed by atoms with Crippen molar-refractivity contribution in [1.82, 2.24) is 20.2 Å². The molecule has 0 atom stereocenters. The first kappa shape index (κ1) is 11.1. The topological polar surface area (TPSA) is 54.5 Å². The van der Waals surface area contributed by atoms with Crippen LogP contribution in [0.3, 0.4) is 0 Å². The number of H-pyrrole nitrogens is 1. The molecule has 0 spiro atoms. The largest absolute Gasteiger partial charge is 0.282 e. The molecule has 0 saturated heterocycles. The Morgan fingerprint density at radius 2 is 2.00 bits per heavy atom. The zero-order valence-corrected chi connectivity index (χ0v) is 11.0. The predicted molar refractivity (Wildman–Crippen MR) is 72.4 cm³/mol. The van der Waals surface area contributed by atoms with E-state index in [1.54, 1.807) is 11.3 Å². The van der Waals surface area contributed by atoms with E-state index in [0.717, 1.165) is 33.2 Å². The van der Waals surface area contributed by atoms with Gasteiger partial charge in [-0.1, -0.05) is 0 Å². The summed E-state index contributed by atoms with van der Waals surface area (Å²) in [6.07, 6.45) is 3.69. The highest BCUT2D eigenvalue weighted by atomic mass is 32.1. The van der Waals surface area contributed by atoms with Crippen molar-refractivity contribution in [2.24, 2.45) is 0 Å². The average molecular weight is 256 g/mol. The van der Waals surface area contributed by atoms with Gasteiger partial charge in [-0.3, -0.25) is 10.1 Å². The van der Waals surface area contributed by atoms with Gasteiger partial charge in [-0.2, -0.15) is 5.10 Å². The number of rotatable bonds is 2. The minimum absolute atomic E-state index is 0.866. The van der Waals surface area contributed by atoms with Crippen LogP contribution in [0.2, 0.25) is 0 Å². The van der Waals surface area contributed by atoms with Gasteiger partial charge < -0.3 is 0 Å². The summed E-state index contributed by atoms with van der Waals surface area (Å²) in [4.78, 5) is 8.78. The lowest BCUT2D eigenvalue weighted by Gasteiger charge is -2.03. The maximum Gasteiger partial charge on any atom is 0.123 e. The highest BCUT2D eigenvalue weighted by Gasteiger charge is 2.09. The van der Waals surface area contributed by atoms with Crippen molar-refractivity contribution in [3.63, 3.8) is 0 Å². The van der Waals surface area contributed by atoms with Crippen LogP contribution < -0.4 is 0 Å². The summed E-state index contributed by atoms with van der Waals surface area (Å²) < 4.78 is 0. The lowest BCUT2D eigenvalue weighted by Crippen LogP contribution is -1.89. The van der Waals surface area contributed by atoms with E-state index in [2.05, 4.69) is 20.2 Å². The molecule has 4 nitrogen and oxygen atoms in total. The predicted octanol–water partition coefficient (Wildman–Crippen LogP) is 3.21. The number of hydrogen-bond donors (Lipinski definition) is 1. The van der Waals surface area contributed by atoms with Crippen LogP contribution in [-0.2, 0) is 0 Å². The standard InChI is InChI=1S/C13H12N4S/c1-8-7-15-11(12-5-9(2)16-17-12)6-10(8)13-14-3-4-18-13/h3-7H,1-2H3,(H,16,17). The van der Waals surface area contributed by atoms with Crippen LogP contribution in [0.25, 0.3) is 22.0 Å². The van der Waals surface area contributed by atoms with Gasteiger partial charge in [0.1, 0.15) is 10.7 Å². The summed E-state index contributed by atoms with van der Waals surface area (Å²) >= 11 is 1.63. The number of nitrogens with one attached hydrogen (secondary N) is 1. The third kappa shape index (κ3) is 1.93. The number of hydrogen-bond acceptors (Lipinski definition) is 4. The third-order valence-corrected chi connectivity index (χ3v) is 3.54. The summed E-state index contributed by atoms with van der Waals surface area (Å²) in [7, 11) is 0. The maximum atomic E-state index is 4.43. The van der Waals surface area contributed by atoms with Crippen molar-refractivity contribution < 1.29 is 0 Å². The summed E-state index contributed by atoms with van der Waals surface area (Å²) in [5, 5.41) is 10.2. The van der Waals surface area contributed by atoms with Crippen LogP contribution in [0.15, 0.2) is 29.9 Å². The lowest BCUT2D eigenvalue weighted by atomic mass is 10.1. The molecule has 0 aromatic carbocycles. The molecule has 0 amide bonds. The quantitative estimate of drug-likeness (QED) is 0.766. The zero-order valence-electron chi connectivity index (χ0n) is 10.1. The fraction of sp³-hybridized carbons (Fsp3) is 0.154. The Bertz CT molecular complexity index is 670. The minimum Gasteiger partial charge on any atom is -0.282 e. The minimum atomic E-state index is 0.866. The van der Waals surface area contributed by atoms with E-state index >= 15 is 0 Å². The summed E-state index contributed by atoms with van der Waals surface area (Å²) in [6, 6.07) is 4.03. The maximum absolute atomic E-state index is 4.43. The molecule has 3 heterocycles. The first-order valence-corrected chi connectivity index (χ1v) is 6.51. The van der Waals surface area contributed by atoms with Gasteiger partial charge in [-0.25, -0.2) is 4.98 Å². The van der Waals surface area contributed by atoms with Crippen molar-refractivity contribution in [1.29, 1.82) is 0 Å². The van der Waals surface area contributed by atoms with Crippen molar-refractivity contribution in [2.75, 3.05) is 0 Å². The zero-order chi connectivity index (χ0) is 12.5. The van der Waals surface area contributed by atoms with Gasteiger partial charge in [0, 0.05) is 29.0 Å². The normalized spacial score (nSPS) is 10.8. The van der Waals surface area contributed by atoms with E-state index in [4.69, 9.17) is 0 Å². The summed E-state index contributed by atoms with van der Waals surface area (Å²) in [5.74, 6) is 0. The Morgan fingerprint density at radius 1 is 1.11 bits per heavy atom. The van der Waals surface area contributed by atoms with Gasteiger partial charge in [0.25, 0.3) is 0 Å². The van der Waals surface area contributed by atoms with Gasteiger partial charge in [0.05, 0.1) is 5.69 Å². The number of aryl methyl sites for hydroxylation is 2. The SMILES string of the molecule is Cc1cc(-c2cc(-c3nccs3)c(C)cn2)n[nH]1. The molecular weight excluding hydrogens is 244 g/mol. The molecule has 0 fully saturated rings. The summed E-state index contributed by atoms with van der Waals surface area (Å²) in [6.45, 7) is 4.02. The number of pyridine rings is 1. The van der Waals surface area contributed by atoms with Gasteiger partial charge in [-0.15, -0.1) is 11.3 Å². The van der Waals surface area contributed by atoms with Crippen molar-refractivity contribution >= 4 is 11.3 Å². The van der Waals surface area contributed by atoms with Gasteiger partial charge >= 0.3 is 0 Å². The molecule has 0 aliphatic carbocycles. The van der Waals surface area contributed by atoms with Gasteiger partial charge in [0.2, 0.25) is 0 Å². The molecule has 0 saturated carbocycles. The third-order valence-electron chi connectivity index (χ3n) is 2.73. The Balaban J connectivity index is 2.11. The van der Waals surface area contributed by atoms with E-state index in [0.29, 0.717) is 0 Å². The van der Waals surface area contributed by atoms with Crippen LogP contribution in [0.1, 0.15) is 11.3 Å². The first-order valence-electron chi connectivity index (χ1n) is 5.63. The molecule has 1 N–H and O–H groups in total. The highest BCUT2D eigenvalue weighted by molar-refractivity contribution is 7.13. The second kappa shape index (κ2) is 4.34. The van der Waals surface area contributed by atoms with Crippen LogP contribution in [-0.4, -0.2) is 20.2 Å². The smallest absolute Gasteiger partial charge is 0.123 e. The number of aromatic nitrogens is 4. The second-order valence-corrected chi connectivity index (χ2v) is 5.05. The van der Waals surface area contributed by atoms with Crippen LogP contribution in [0.5, 0.6) is 0 Å². The lowest BCUT2D eigenvalue weighted by molar-refractivity contribution is 1.04. The van der Waals surface area contributed by atoms with E-state index < -0.39 is 0 Å². The van der Waals surface area contributed by atoms with Crippen molar-refractivity contribution in [3.05, 3.63) is 41.2 Å². The molecule has 90 valence electrons. The second-order valence-electron chi connectivity index (χ2n) is 4.16. The van der Waals surface area contributed by atoms with Crippen LogP contribution >= 0.6 is 11.3 Å². The highest BCUT2D eigenvalue weighted by Crippen LogP contribution is 2.28. The summed E-state index contributed by atoms with van der Waals surface area (Å²) in [5.41, 5.74) is 5.01. The molecule has 0 bridgehead atoms. The Hall–Kier alpha value is -2.01. The monoisotopic (exact) mass is 256 g/mol. The van der Waals surface area contributed by atoms with Crippen LogP contribution in [0.4, 0.5) is 0 Å². The number of thiazole rings is 1. The number of nitrogens with zero attached hydrogens (tertiary/aromatic N) is 3. The fourth-order valence-corrected chi connectivity index (χ4v) is 2.52. The molecule has 0 aliphatic heterocycles. The molecule has 0 aliphatic rings. The van der Waals surface area contributed by atoms with E-state index in [1.165, 1.54) is 0 Å². The molecule has 3 aromatic heterocycles. The molecule has 3 rings (SSSR count). The van der Waals surface area contributed by atoms with Gasteiger partial charge in [0.15, 0.2) is 0 Å². The average Bonchev–Trinajstić information content (AvgIpc) is 3.01. The molecule has 18 heavy (non-hydrogen) atoms. The Morgan fingerprint density at radius 3 is 2.67 bits per heavy atom. The molecular formula is C13H12N4S. The van der Waals surface area contributed by atoms with E-state index in [-0.39, 0.29) is 0 Å². The van der Waals surface area contributed by atoms with Gasteiger partial charge in [-0.05, 0) is 31.5 Å². The molecule has 0 unspecified atom stereocenters. The first-order chi connectivity index (χ1) is 8.74. The number of aromatic amines is 1. The Labute approximate surface area is 109 Å². The van der Waals surface area contributed by atoms with E-state index in [9.17, 15) is 0 Å². The fourth-order valence-electron chi connectivity index (χ4n) is 1.80. The van der Waals surface area contributed by atoms with E-state index in [1.807, 2.05) is 43.8 Å². The molecule has 5 heteroatoms. The molecule has 3 aromatic rings. The molecule has 0 radical (unpaired) electrons. The van der Waals surface area contributed by atoms with Crippen LogP contribution in [0, 0.1) is 13.8 Å². The van der Waals surface area contributed by atoms with Crippen molar-refractivity contribution in [2.45, 2.75) is 13.8 Å². The van der Waals surface area contributed by atoms with Crippen molar-refractivity contribution in [3.8, 4) is 22.0 Å².